The first kappa shape index (κ1) is 19.6. The molecule has 158 valence electrons. The van der Waals surface area contributed by atoms with Gasteiger partial charge in [-0.3, -0.25) is 4.79 Å². The number of thiazole rings is 1. The molecule has 1 fully saturated rings. The molecule has 6 nitrogen and oxygen atoms in total. The molecular weight excluding hydrogens is 420 g/mol. The predicted molar refractivity (Wildman–Crippen MR) is 116 cm³/mol. The van der Waals surface area contributed by atoms with Gasteiger partial charge in [-0.15, -0.1) is 0 Å². The summed E-state index contributed by atoms with van der Waals surface area (Å²) in [6, 6.07) is 11.9. The van der Waals surface area contributed by atoms with Crippen molar-refractivity contribution in [1.82, 2.24) is 19.7 Å². The molecule has 3 heterocycles. The van der Waals surface area contributed by atoms with Gasteiger partial charge in [0.15, 0.2) is 10.8 Å². The van der Waals surface area contributed by atoms with E-state index in [2.05, 4.69) is 10.00 Å². The SMILES string of the molecule is Cc1nn(-c2ccc(F)cc2)c2nc(N3CCN(C(=O)c4cccc(F)c4)CC3)sc12. The zero-order valence-corrected chi connectivity index (χ0v) is 17.6. The molecule has 9 heteroatoms. The van der Waals surface area contributed by atoms with Crippen LogP contribution in [0, 0.1) is 18.6 Å². The zero-order chi connectivity index (χ0) is 21.5. The number of anilines is 1. The Bertz CT molecular complexity index is 1260. The number of carbonyl (C=O) groups excluding carboxylic acids is 1. The summed E-state index contributed by atoms with van der Waals surface area (Å²) in [5.41, 5.74) is 2.72. The van der Waals surface area contributed by atoms with E-state index in [1.165, 1.54) is 24.3 Å². The first-order chi connectivity index (χ1) is 15.0. The van der Waals surface area contributed by atoms with Crippen molar-refractivity contribution in [3.63, 3.8) is 0 Å². The number of nitrogens with zero attached hydrogens (tertiary/aromatic N) is 5. The Hall–Kier alpha value is -3.33. The lowest BCUT2D eigenvalue weighted by molar-refractivity contribution is 0.0746. The summed E-state index contributed by atoms with van der Waals surface area (Å²) in [6.07, 6.45) is 0. The number of rotatable bonds is 3. The normalized spacial score (nSPS) is 14.4. The van der Waals surface area contributed by atoms with E-state index >= 15 is 0 Å². The number of piperazine rings is 1. The first-order valence-corrected chi connectivity index (χ1v) is 10.7. The van der Waals surface area contributed by atoms with E-state index in [9.17, 15) is 13.6 Å². The minimum absolute atomic E-state index is 0.161. The summed E-state index contributed by atoms with van der Waals surface area (Å²) in [4.78, 5) is 21.3. The highest BCUT2D eigenvalue weighted by atomic mass is 32.1. The summed E-state index contributed by atoms with van der Waals surface area (Å²) in [5, 5.41) is 5.42. The van der Waals surface area contributed by atoms with E-state index in [4.69, 9.17) is 4.98 Å². The number of aryl methyl sites for hydroxylation is 1. The average molecular weight is 439 g/mol. The van der Waals surface area contributed by atoms with Crippen LogP contribution in [0.1, 0.15) is 16.1 Å². The van der Waals surface area contributed by atoms with Gasteiger partial charge in [-0.25, -0.2) is 13.5 Å². The largest absolute Gasteiger partial charge is 0.344 e. The molecule has 5 rings (SSSR count). The van der Waals surface area contributed by atoms with Gasteiger partial charge in [0.05, 0.1) is 16.1 Å². The fourth-order valence-electron chi connectivity index (χ4n) is 3.73. The number of carbonyl (C=O) groups is 1. The Morgan fingerprint density at radius 1 is 1.00 bits per heavy atom. The number of aromatic nitrogens is 3. The van der Waals surface area contributed by atoms with Gasteiger partial charge in [0.1, 0.15) is 11.6 Å². The van der Waals surface area contributed by atoms with Crippen molar-refractivity contribution in [2.75, 3.05) is 31.1 Å². The van der Waals surface area contributed by atoms with Crippen molar-refractivity contribution in [2.45, 2.75) is 6.92 Å². The number of fused-ring (bicyclic) bond motifs is 1. The Morgan fingerprint density at radius 3 is 2.45 bits per heavy atom. The Balaban J connectivity index is 1.35. The molecule has 1 aliphatic rings. The van der Waals surface area contributed by atoms with Crippen LogP contribution in [-0.2, 0) is 0 Å². The van der Waals surface area contributed by atoms with E-state index in [1.807, 2.05) is 6.92 Å². The quantitative estimate of drug-likeness (QED) is 0.484. The molecule has 2 aromatic heterocycles. The Morgan fingerprint density at radius 2 is 1.74 bits per heavy atom. The minimum atomic E-state index is -0.412. The molecule has 0 unspecified atom stereocenters. The lowest BCUT2D eigenvalue weighted by Gasteiger charge is -2.34. The molecule has 1 amide bonds. The molecule has 0 atom stereocenters. The maximum Gasteiger partial charge on any atom is 0.254 e. The third-order valence-electron chi connectivity index (χ3n) is 5.36. The standard InChI is InChI=1S/C22H19F2N5OS/c1-14-19-20(29(26-14)18-7-5-16(23)6-8-18)25-22(31-19)28-11-9-27(10-12-28)21(30)15-3-2-4-17(24)13-15/h2-8,13H,9-12H2,1H3. The molecule has 31 heavy (non-hydrogen) atoms. The van der Waals surface area contributed by atoms with Crippen LogP contribution >= 0.6 is 11.3 Å². The van der Waals surface area contributed by atoms with Gasteiger partial charge in [-0.1, -0.05) is 17.4 Å². The highest BCUT2D eigenvalue weighted by Gasteiger charge is 2.25. The third-order valence-corrected chi connectivity index (χ3v) is 6.57. The maximum atomic E-state index is 13.4. The summed E-state index contributed by atoms with van der Waals surface area (Å²) in [7, 11) is 0. The van der Waals surface area contributed by atoms with Gasteiger partial charge in [-0.05, 0) is 49.4 Å². The number of hydrogen-bond acceptors (Lipinski definition) is 5. The summed E-state index contributed by atoms with van der Waals surface area (Å²) >= 11 is 1.56. The molecular formula is C22H19F2N5OS. The van der Waals surface area contributed by atoms with Crippen LogP contribution in [0.5, 0.6) is 0 Å². The van der Waals surface area contributed by atoms with Crippen molar-refractivity contribution < 1.29 is 13.6 Å². The van der Waals surface area contributed by atoms with Crippen LogP contribution in [0.3, 0.4) is 0 Å². The van der Waals surface area contributed by atoms with Crippen molar-refractivity contribution in [3.05, 3.63) is 71.4 Å². The molecule has 0 saturated carbocycles. The number of hydrogen-bond donors (Lipinski definition) is 0. The number of halogens is 2. The fraction of sp³-hybridized carbons (Fsp3) is 0.227. The average Bonchev–Trinajstić information content (AvgIpc) is 3.35. The fourth-order valence-corrected chi connectivity index (χ4v) is 4.76. The van der Waals surface area contributed by atoms with Crippen LogP contribution in [0.4, 0.5) is 13.9 Å². The summed E-state index contributed by atoms with van der Waals surface area (Å²) in [5.74, 6) is -0.871. The van der Waals surface area contributed by atoms with E-state index in [0.717, 1.165) is 26.9 Å². The highest BCUT2D eigenvalue weighted by Crippen LogP contribution is 2.33. The van der Waals surface area contributed by atoms with E-state index in [0.29, 0.717) is 31.7 Å². The molecule has 0 aliphatic carbocycles. The Kier molecular flexibility index (Phi) is 4.90. The molecule has 0 bridgehead atoms. The summed E-state index contributed by atoms with van der Waals surface area (Å²) < 4.78 is 29.4. The van der Waals surface area contributed by atoms with Crippen molar-refractivity contribution in [1.29, 1.82) is 0 Å². The Labute approximate surface area is 181 Å². The van der Waals surface area contributed by atoms with E-state index in [1.54, 1.807) is 45.2 Å². The zero-order valence-electron chi connectivity index (χ0n) is 16.8. The minimum Gasteiger partial charge on any atom is -0.344 e. The number of benzene rings is 2. The van der Waals surface area contributed by atoms with Crippen LogP contribution in [-0.4, -0.2) is 51.8 Å². The molecule has 1 aliphatic heterocycles. The second kappa shape index (κ2) is 7.73. The van der Waals surface area contributed by atoms with E-state index < -0.39 is 5.82 Å². The van der Waals surface area contributed by atoms with Gasteiger partial charge in [0.2, 0.25) is 0 Å². The van der Waals surface area contributed by atoms with Gasteiger partial charge < -0.3 is 9.80 Å². The molecule has 2 aromatic carbocycles. The van der Waals surface area contributed by atoms with Gasteiger partial charge >= 0.3 is 0 Å². The highest BCUT2D eigenvalue weighted by molar-refractivity contribution is 7.22. The second-order valence-corrected chi connectivity index (χ2v) is 8.39. The third kappa shape index (κ3) is 3.65. The van der Waals surface area contributed by atoms with Crippen LogP contribution in [0.25, 0.3) is 16.0 Å². The summed E-state index contributed by atoms with van der Waals surface area (Å²) in [6.45, 7) is 4.28. The molecule has 0 radical (unpaired) electrons. The van der Waals surface area contributed by atoms with Crippen molar-refractivity contribution in [2.24, 2.45) is 0 Å². The van der Waals surface area contributed by atoms with Crippen LogP contribution < -0.4 is 4.90 Å². The number of amides is 1. The molecule has 1 saturated heterocycles. The maximum absolute atomic E-state index is 13.4. The smallest absolute Gasteiger partial charge is 0.254 e. The lowest BCUT2D eigenvalue weighted by Crippen LogP contribution is -2.48. The first-order valence-electron chi connectivity index (χ1n) is 9.91. The topological polar surface area (TPSA) is 54.3 Å². The van der Waals surface area contributed by atoms with Gasteiger partial charge in [-0.2, -0.15) is 10.1 Å². The monoisotopic (exact) mass is 439 g/mol. The molecule has 4 aromatic rings. The predicted octanol–water partition coefficient (Wildman–Crippen LogP) is 4.03. The van der Waals surface area contributed by atoms with Crippen molar-refractivity contribution >= 4 is 32.7 Å². The van der Waals surface area contributed by atoms with Crippen molar-refractivity contribution in [3.8, 4) is 5.69 Å². The van der Waals surface area contributed by atoms with Gasteiger partial charge in [0.25, 0.3) is 5.91 Å². The van der Waals surface area contributed by atoms with Crippen LogP contribution in [0.2, 0.25) is 0 Å². The van der Waals surface area contributed by atoms with Crippen LogP contribution in [0.15, 0.2) is 48.5 Å². The molecule has 0 N–H and O–H groups in total. The second-order valence-electron chi connectivity index (χ2n) is 7.41. The molecule has 0 spiro atoms. The van der Waals surface area contributed by atoms with E-state index in [-0.39, 0.29) is 11.7 Å². The lowest BCUT2D eigenvalue weighted by atomic mass is 10.2. The van der Waals surface area contributed by atoms with Gasteiger partial charge in [0, 0.05) is 31.7 Å².